The second-order valence-electron chi connectivity index (χ2n) is 4.90. The summed E-state index contributed by atoms with van der Waals surface area (Å²) in [5.41, 5.74) is 0.778. The number of rotatable bonds is 3. The molecule has 0 aliphatic carbocycles. The summed E-state index contributed by atoms with van der Waals surface area (Å²) in [5, 5.41) is 11.4. The van der Waals surface area contributed by atoms with Crippen molar-refractivity contribution in [3.8, 4) is 0 Å². The highest BCUT2D eigenvalue weighted by Crippen LogP contribution is 2.30. The van der Waals surface area contributed by atoms with Crippen molar-refractivity contribution in [2.45, 2.75) is 17.9 Å². The van der Waals surface area contributed by atoms with E-state index in [0.29, 0.717) is 22.8 Å². The van der Waals surface area contributed by atoms with Crippen molar-refractivity contribution in [3.63, 3.8) is 0 Å². The molecular formula is C13H11ClN4O4S. The van der Waals surface area contributed by atoms with Crippen LogP contribution >= 0.6 is 11.6 Å². The maximum Gasteiger partial charge on any atom is 0.289 e. The highest BCUT2D eigenvalue weighted by Gasteiger charge is 2.34. The van der Waals surface area contributed by atoms with Crippen LogP contribution in [0, 0.1) is 10.1 Å². The number of benzene rings is 1. The molecule has 120 valence electrons. The zero-order valence-corrected chi connectivity index (χ0v) is 13.3. The lowest BCUT2D eigenvalue weighted by molar-refractivity contribution is -0.387. The van der Waals surface area contributed by atoms with E-state index >= 15 is 0 Å². The van der Waals surface area contributed by atoms with Crippen molar-refractivity contribution in [2.24, 2.45) is 0 Å². The van der Waals surface area contributed by atoms with Gasteiger partial charge in [-0.2, -0.15) is 4.31 Å². The lowest BCUT2D eigenvalue weighted by Gasteiger charge is -2.27. The van der Waals surface area contributed by atoms with Gasteiger partial charge < -0.3 is 0 Å². The minimum Gasteiger partial charge on any atom is -0.258 e. The monoisotopic (exact) mass is 354 g/mol. The Balaban J connectivity index is 2.01. The summed E-state index contributed by atoms with van der Waals surface area (Å²) in [5.74, 6) is 0. The molecule has 0 fully saturated rings. The zero-order valence-electron chi connectivity index (χ0n) is 11.7. The summed E-state index contributed by atoms with van der Waals surface area (Å²) < 4.78 is 26.7. The molecule has 0 saturated heterocycles. The smallest absolute Gasteiger partial charge is 0.258 e. The number of aromatic nitrogens is 2. The molecule has 2 heterocycles. The van der Waals surface area contributed by atoms with Gasteiger partial charge in [-0.25, -0.2) is 18.4 Å². The number of hydrogen-bond acceptors (Lipinski definition) is 6. The van der Waals surface area contributed by atoms with Crippen LogP contribution in [-0.2, 0) is 23.0 Å². The molecule has 3 rings (SSSR count). The maximum absolute atomic E-state index is 12.8. The number of fused-ring (bicyclic) bond motifs is 1. The summed E-state index contributed by atoms with van der Waals surface area (Å²) >= 11 is 5.98. The highest BCUT2D eigenvalue weighted by atomic mass is 35.5. The number of nitro groups is 1. The van der Waals surface area contributed by atoms with Gasteiger partial charge in [0.05, 0.1) is 17.2 Å². The summed E-state index contributed by atoms with van der Waals surface area (Å²) in [6.07, 6.45) is 1.62. The van der Waals surface area contributed by atoms with Crippen LogP contribution in [0.3, 0.4) is 0 Å². The number of nitrogens with zero attached hydrogens (tertiary/aromatic N) is 4. The molecule has 0 N–H and O–H groups in total. The third-order valence-electron chi connectivity index (χ3n) is 3.60. The molecule has 1 aliphatic rings. The molecule has 0 spiro atoms. The first-order valence-corrected chi connectivity index (χ1v) is 8.45. The first kappa shape index (κ1) is 15.8. The maximum atomic E-state index is 12.8. The number of halogens is 1. The summed E-state index contributed by atoms with van der Waals surface area (Å²) in [7, 11) is -4.01. The average molecular weight is 355 g/mol. The van der Waals surface area contributed by atoms with Gasteiger partial charge in [-0.15, -0.1) is 0 Å². The van der Waals surface area contributed by atoms with Gasteiger partial charge in [-0.3, -0.25) is 10.1 Å². The molecule has 0 unspecified atom stereocenters. The SMILES string of the molecule is O=[N+]([O-])c1ccccc1S(=O)(=O)N1CCc2c(Cl)ncnc2C1. The Labute approximate surface area is 136 Å². The van der Waals surface area contributed by atoms with E-state index in [1.54, 1.807) is 0 Å². The summed E-state index contributed by atoms with van der Waals surface area (Å²) in [4.78, 5) is 18.0. The van der Waals surface area contributed by atoms with Crippen molar-refractivity contribution < 1.29 is 13.3 Å². The van der Waals surface area contributed by atoms with Gasteiger partial charge in [0, 0.05) is 18.2 Å². The summed E-state index contributed by atoms with van der Waals surface area (Å²) in [6, 6.07) is 5.28. The normalized spacial score (nSPS) is 15.2. The molecule has 10 heteroatoms. The van der Waals surface area contributed by atoms with E-state index < -0.39 is 20.6 Å². The molecule has 0 radical (unpaired) electrons. The molecule has 2 aromatic rings. The number of para-hydroxylation sites is 1. The van der Waals surface area contributed by atoms with E-state index in [-0.39, 0.29) is 18.0 Å². The van der Waals surface area contributed by atoms with Gasteiger partial charge in [0.25, 0.3) is 5.69 Å². The molecule has 0 atom stereocenters. The van der Waals surface area contributed by atoms with Crippen LogP contribution < -0.4 is 0 Å². The second-order valence-corrected chi connectivity index (χ2v) is 7.17. The fourth-order valence-corrected chi connectivity index (χ4v) is 4.27. The van der Waals surface area contributed by atoms with Gasteiger partial charge in [0.15, 0.2) is 4.90 Å². The van der Waals surface area contributed by atoms with Crippen LogP contribution in [0.1, 0.15) is 11.3 Å². The van der Waals surface area contributed by atoms with Gasteiger partial charge >= 0.3 is 0 Å². The Morgan fingerprint density at radius 3 is 2.74 bits per heavy atom. The first-order valence-electron chi connectivity index (χ1n) is 6.63. The largest absolute Gasteiger partial charge is 0.289 e. The number of nitro benzene ring substituents is 1. The molecule has 8 nitrogen and oxygen atoms in total. The lowest BCUT2D eigenvalue weighted by Crippen LogP contribution is -2.37. The predicted molar refractivity (Wildman–Crippen MR) is 81.4 cm³/mol. The van der Waals surface area contributed by atoms with Gasteiger partial charge in [-0.1, -0.05) is 23.7 Å². The number of hydrogen-bond donors (Lipinski definition) is 0. The molecule has 23 heavy (non-hydrogen) atoms. The molecule has 0 saturated carbocycles. The van der Waals surface area contributed by atoms with Crippen LogP contribution in [0.4, 0.5) is 5.69 Å². The van der Waals surface area contributed by atoms with E-state index in [2.05, 4.69) is 9.97 Å². The molecule has 0 amide bonds. The first-order chi connectivity index (χ1) is 10.9. The van der Waals surface area contributed by atoms with Crippen molar-refractivity contribution in [1.82, 2.24) is 14.3 Å². The summed E-state index contributed by atoms with van der Waals surface area (Å²) in [6.45, 7) is 0.167. The quantitative estimate of drug-likeness (QED) is 0.472. The highest BCUT2D eigenvalue weighted by molar-refractivity contribution is 7.89. The Morgan fingerprint density at radius 2 is 2.00 bits per heavy atom. The van der Waals surface area contributed by atoms with Crippen molar-refractivity contribution >= 4 is 27.3 Å². The fourth-order valence-electron chi connectivity index (χ4n) is 2.46. The van der Waals surface area contributed by atoms with E-state index in [1.165, 1.54) is 34.9 Å². The lowest BCUT2D eigenvalue weighted by atomic mass is 10.1. The average Bonchev–Trinajstić information content (AvgIpc) is 2.54. The van der Waals surface area contributed by atoms with Crippen LogP contribution in [0.5, 0.6) is 0 Å². The Hall–Kier alpha value is -2.10. The minimum atomic E-state index is -4.01. The topological polar surface area (TPSA) is 106 Å². The second kappa shape index (κ2) is 5.84. The van der Waals surface area contributed by atoms with Crippen molar-refractivity contribution in [1.29, 1.82) is 0 Å². The molecule has 0 bridgehead atoms. The molecule has 1 aromatic carbocycles. The Kier molecular flexibility index (Phi) is 4.00. The Morgan fingerprint density at radius 1 is 1.26 bits per heavy atom. The van der Waals surface area contributed by atoms with Crippen LogP contribution in [0.2, 0.25) is 5.15 Å². The Bertz CT molecular complexity index is 887. The van der Waals surface area contributed by atoms with Crippen LogP contribution in [0.15, 0.2) is 35.5 Å². The van der Waals surface area contributed by atoms with E-state index in [9.17, 15) is 18.5 Å². The number of sulfonamides is 1. The third-order valence-corrected chi connectivity index (χ3v) is 5.82. The van der Waals surface area contributed by atoms with Gasteiger partial charge in [0.2, 0.25) is 10.0 Å². The van der Waals surface area contributed by atoms with Gasteiger partial charge in [0.1, 0.15) is 11.5 Å². The van der Waals surface area contributed by atoms with Crippen LogP contribution in [0.25, 0.3) is 0 Å². The molecule has 1 aromatic heterocycles. The van der Waals surface area contributed by atoms with Gasteiger partial charge in [-0.05, 0) is 12.5 Å². The van der Waals surface area contributed by atoms with E-state index in [1.807, 2.05) is 0 Å². The molecular weight excluding hydrogens is 344 g/mol. The van der Waals surface area contributed by atoms with E-state index in [0.717, 1.165) is 0 Å². The molecule has 1 aliphatic heterocycles. The predicted octanol–water partition coefficient (Wildman–Crippen LogP) is 1.79. The van der Waals surface area contributed by atoms with Crippen molar-refractivity contribution in [2.75, 3.05) is 6.54 Å². The standard InChI is InChI=1S/C13H11ClN4O4S/c14-13-9-5-6-17(7-10(9)15-8-16-13)23(21,22)12-4-2-1-3-11(12)18(19)20/h1-4,8H,5-7H2. The minimum absolute atomic E-state index is 0.00591. The van der Waals surface area contributed by atoms with Crippen molar-refractivity contribution in [3.05, 3.63) is 57.1 Å². The fraction of sp³-hybridized carbons (Fsp3) is 0.231. The van der Waals surface area contributed by atoms with E-state index in [4.69, 9.17) is 11.6 Å². The zero-order chi connectivity index (χ0) is 16.6. The third kappa shape index (κ3) is 2.78. The van der Waals surface area contributed by atoms with Crippen LogP contribution in [-0.4, -0.2) is 34.2 Å².